The molecule has 0 amide bonds. The van der Waals surface area contributed by atoms with E-state index in [1.165, 1.54) is 22.6 Å². The molecule has 4 rings (SSSR count). The number of aliphatic hydroxyl groups is 2. The number of hydrogen-bond donors (Lipinski definition) is 3. The first kappa shape index (κ1) is 27.0. The topological polar surface area (TPSA) is 115 Å². The molecule has 0 radical (unpaired) electrons. The Balaban J connectivity index is 1.69. The van der Waals surface area contributed by atoms with E-state index in [0.717, 1.165) is 21.5 Å². The Labute approximate surface area is 217 Å². The largest absolute Gasteiger partial charge is 0.394 e. The number of rotatable bonds is 9. The maximum absolute atomic E-state index is 13.8. The lowest BCUT2D eigenvalue weighted by Crippen LogP contribution is -2.56. The van der Waals surface area contributed by atoms with Crippen molar-refractivity contribution in [1.29, 1.82) is 0 Å². The minimum atomic E-state index is -1.59. The Hall–Kier alpha value is -2.07. The van der Waals surface area contributed by atoms with Crippen LogP contribution in [0.25, 0.3) is 11.3 Å². The summed E-state index contributed by atoms with van der Waals surface area (Å²) in [6, 6.07) is 2.57. The fraction of sp³-hybridized carbons (Fsp3) is 0.409. The third kappa shape index (κ3) is 5.90. The minimum Gasteiger partial charge on any atom is -0.394 e. The minimum absolute atomic E-state index is 0.0308. The number of benzene rings is 1. The predicted octanol–water partition coefficient (Wildman–Crippen LogP) is 2.54. The number of pyridine rings is 1. The van der Waals surface area contributed by atoms with Gasteiger partial charge in [-0.3, -0.25) is 4.98 Å². The summed E-state index contributed by atoms with van der Waals surface area (Å²) in [5, 5.41) is 32.0. The number of hydrogen-bond acceptors (Lipinski definition) is 9. The average molecular weight is 590 g/mol. The van der Waals surface area contributed by atoms with E-state index in [1.54, 1.807) is 19.4 Å². The van der Waals surface area contributed by atoms with Crippen molar-refractivity contribution in [2.24, 2.45) is 0 Å². The van der Waals surface area contributed by atoms with Gasteiger partial charge in [0.25, 0.3) is 0 Å². The van der Waals surface area contributed by atoms with Crippen LogP contribution in [0.2, 0.25) is 0 Å². The van der Waals surface area contributed by atoms with Crippen LogP contribution in [0.15, 0.2) is 46.2 Å². The first-order valence-electron chi connectivity index (χ1n) is 10.9. The van der Waals surface area contributed by atoms with Gasteiger partial charge in [-0.25, -0.2) is 17.9 Å². The van der Waals surface area contributed by atoms with Gasteiger partial charge in [0, 0.05) is 33.9 Å². The van der Waals surface area contributed by atoms with Gasteiger partial charge in [0.1, 0.15) is 35.5 Å². The molecule has 0 bridgehead atoms. The SMILES string of the molecule is CNCCOC1C(Sc2cncc(Br)c2)OC(CO)C(O)C1n1cc(-c2cc(F)c(F)c(F)c2)nn1. The molecule has 3 aromatic rings. The summed E-state index contributed by atoms with van der Waals surface area (Å²) in [7, 11) is 1.76. The van der Waals surface area contributed by atoms with E-state index in [4.69, 9.17) is 9.47 Å². The number of halogens is 4. The highest BCUT2D eigenvalue weighted by molar-refractivity contribution is 9.10. The molecule has 0 spiro atoms. The smallest absolute Gasteiger partial charge is 0.194 e. The molecule has 9 nitrogen and oxygen atoms in total. The first-order chi connectivity index (χ1) is 17.3. The number of aliphatic hydroxyl groups excluding tert-OH is 2. The molecule has 5 atom stereocenters. The second-order valence-corrected chi connectivity index (χ2v) is 10.0. The van der Waals surface area contributed by atoms with E-state index >= 15 is 0 Å². The highest BCUT2D eigenvalue weighted by Crippen LogP contribution is 2.40. The normalized spacial score (nSPS) is 24.2. The van der Waals surface area contributed by atoms with Gasteiger partial charge in [-0.2, -0.15) is 0 Å². The average Bonchev–Trinajstić information content (AvgIpc) is 3.33. The van der Waals surface area contributed by atoms with Crippen LogP contribution in [0.3, 0.4) is 0 Å². The summed E-state index contributed by atoms with van der Waals surface area (Å²) in [5.41, 5.74) is -0.671. The van der Waals surface area contributed by atoms with E-state index in [9.17, 15) is 23.4 Å². The van der Waals surface area contributed by atoms with Crippen molar-refractivity contribution in [3.05, 3.63) is 58.7 Å². The highest BCUT2D eigenvalue weighted by atomic mass is 79.9. The molecule has 1 fully saturated rings. The zero-order chi connectivity index (χ0) is 25.8. The number of thioether (sulfide) groups is 1. The molecule has 0 aliphatic carbocycles. The van der Waals surface area contributed by atoms with Crippen LogP contribution in [0.1, 0.15) is 6.04 Å². The molecule has 194 valence electrons. The van der Waals surface area contributed by atoms with Crippen molar-refractivity contribution >= 4 is 27.7 Å². The van der Waals surface area contributed by atoms with Gasteiger partial charge in [-0.1, -0.05) is 17.0 Å². The van der Waals surface area contributed by atoms with Gasteiger partial charge >= 0.3 is 0 Å². The van der Waals surface area contributed by atoms with E-state index in [1.807, 2.05) is 6.07 Å². The summed E-state index contributed by atoms with van der Waals surface area (Å²) in [6.45, 7) is 0.293. The van der Waals surface area contributed by atoms with Crippen LogP contribution in [-0.4, -0.2) is 80.7 Å². The van der Waals surface area contributed by atoms with Gasteiger partial charge in [0.15, 0.2) is 17.5 Å². The molecule has 1 aliphatic heterocycles. The van der Waals surface area contributed by atoms with Crippen LogP contribution in [0, 0.1) is 17.5 Å². The monoisotopic (exact) mass is 589 g/mol. The predicted molar refractivity (Wildman–Crippen MR) is 128 cm³/mol. The van der Waals surface area contributed by atoms with Gasteiger partial charge in [-0.05, 0) is 41.2 Å². The Morgan fingerprint density at radius 1 is 1.22 bits per heavy atom. The Morgan fingerprint density at radius 2 is 1.97 bits per heavy atom. The van der Waals surface area contributed by atoms with Crippen molar-refractivity contribution in [1.82, 2.24) is 25.3 Å². The highest BCUT2D eigenvalue weighted by Gasteiger charge is 2.48. The summed E-state index contributed by atoms with van der Waals surface area (Å²) >= 11 is 4.67. The van der Waals surface area contributed by atoms with Crippen LogP contribution < -0.4 is 5.32 Å². The second-order valence-electron chi connectivity index (χ2n) is 7.94. The molecular weight excluding hydrogens is 567 g/mol. The molecule has 0 saturated carbocycles. The maximum Gasteiger partial charge on any atom is 0.194 e. The number of nitrogens with one attached hydrogen (secondary N) is 1. The lowest BCUT2D eigenvalue weighted by atomic mass is 9.97. The molecule has 1 aliphatic rings. The lowest BCUT2D eigenvalue weighted by molar-refractivity contribution is -0.192. The molecular formula is C22H23BrF3N5O4S. The van der Waals surface area contributed by atoms with E-state index in [2.05, 4.69) is 36.5 Å². The van der Waals surface area contributed by atoms with Crippen LogP contribution in [-0.2, 0) is 9.47 Å². The van der Waals surface area contributed by atoms with Crippen molar-refractivity contribution in [2.75, 3.05) is 26.8 Å². The van der Waals surface area contributed by atoms with Crippen molar-refractivity contribution in [3.63, 3.8) is 0 Å². The van der Waals surface area contributed by atoms with Gasteiger partial charge in [0.2, 0.25) is 0 Å². The summed E-state index contributed by atoms with van der Waals surface area (Å²) in [5.74, 6) is -4.31. The summed E-state index contributed by atoms with van der Waals surface area (Å²) in [4.78, 5) is 4.90. The fourth-order valence-electron chi connectivity index (χ4n) is 3.78. The Morgan fingerprint density at radius 3 is 2.64 bits per heavy atom. The molecule has 1 saturated heterocycles. The molecule has 14 heteroatoms. The standard InChI is InChI=1S/C22H23BrF3N5O4S/c1-27-2-3-34-21-19(31-9-16(29-30-31)11-4-14(24)18(26)15(25)5-11)20(33)17(10-32)35-22(21)36-13-6-12(23)7-28-8-13/h4-9,17,19-22,27,32-33H,2-3,10H2,1H3. The van der Waals surface area contributed by atoms with E-state index in [0.29, 0.717) is 6.54 Å². The molecule has 3 N–H and O–H groups in total. The number of nitrogens with zero attached hydrogens (tertiary/aromatic N) is 4. The fourth-order valence-corrected chi connectivity index (χ4v) is 5.45. The number of ether oxygens (including phenoxy) is 2. The number of likely N-dealkylation sites (N-methyl/N-ethyl adjacent to an activating group) is 1. The molecule has 36 heavy (non-hydrogen) atoms. The lowest BCUT2D eigenvalue weighted by Gasteiger charge is -2.43. The van der Waals surface area contributed by atoms with E-state index < -0.39 is 53.8 Å². The van der Waals surface area contributed by atoms with Crippen molar-refractivity contribution < 1.29 is 32.9 Å². The van der Waals surface area contributed by atoms with Crippen molar-refractivity contribution in [3.8, 4) is 11.3 Å². The third-order valence-corrected chi connectivity index (χ3v) is 7.06. The van der Waals surface area contributed by atoms with Crippen molar-refractivity contribution in [2.45, 2.75) is 34.7 Å². The second kappa shape index (κ2) is 12.0. The van der Waals surface area contributed by atoms with E-state index in [-0.39, 0.29) is 17.9 Å². The van der Waals surface area contributed by atoms with Gasteiger partial charge in [0.05, 0.1) is 19.4 Å². The summed E-state index contributed by atoms with van der Waals surface area (Å²) < 4.78 is 55.1. The third-order valence-electron chi connectivity index (χ3n) is 5.51. The molecule has 3 heterocycles. The van der Waals surface area contributed by atoms with Crippen LogP contribution in [0.5, 0.6) is 0 Å². The molecule has 5 unspecified atom stereocenters. The molecule has 1 aromatic carbocycles. The van der Waals surface area contributed by atoms with Crippen LogP contribution in [0.4, 0.5) is 13.2 Å². The Bertz CT molecular complexity index is 1170. The van der Waals surface area contributed by atoms with Gasteiger partial charge in [-0.15, -0.1) is 5.10 Å². The maximum atomic E-state index is 13.8. The molecule has 2 aromatic heterocycles. The quantitative estimate of drug-likeness (QED) is 0.256. The number of aromatic nitrogens is 4. The first-order valence-corrected chi connectivity index (χ1v) is 12.5. The van der Waals surface area contributed by atoms with Crippen LogP contribution >= 0.6 is 27.7 Å². The zero-order valence-corrected chi connectivity index (χ0v) is 21.3. The van der Waals surface area contributed by atoms with Gasteiger partial charge < -0.3 is 25.0 Å². The summed E-state index contributed by atoms with van der Waals surface area (Å²) in [6.07, 6.45) is 1.62. The Kier molecular flexibility index (Phi) is 8.98. The zero-order valence-electron chi connectivity index (χ0n) is 18.9.